The van der Waals surface area contributed by atoms with E-state index in [9.17, 15) is 14.7 Å². The fraction of sp³-hybridized carbons (Fsp3) is 0.692. The zero-order valence-corrected chi connectivity index (χ0v) is 19.7. The molecule has 0 aromatic rings. The summed E-state index contributed by atoms with van der Waals surface area (Å²) >= 11 is 0. The van der Waals surface area contributed by atoms with Gasteiger partial charge in [-0.05, 0) is 62.9 Å². The standard InChI is InChI=1S/C26H39NO3/c1-8-17(5)21-18(6)13-25(7)12-16(4)9-10-20(25)22(21)23(28)19-14-26(30,11-15(2)3)27-24(19)29/h8,13-16,20-22,30H,9-12H2,1-7H3,(H,27,29)/b17-8+/t16-,20+,21-,22?,25+,26?/m1/s1. The van der Waals surface area contributed by atoms with Crippen molar-refractivity contribution in [3.8, 4) is 0 Å². The molecule has 166 valence electrons. The molecule has 1 aliphatic heterocycles. The Kier molecular flexibility index (Phi) is 6.21. The predicted octanol–water partition coefficient (Wildman–Crippen LogP) is 4.95. The average Bonchev–Trinajstić information content (AvgIpc) is 2.91. The van der Waals surface area contributed by atoms with Crippen molar-refractivity contribution in [3.05, 3.63) is 34.9 Å². The Labute approximate surface area is 181 Å². The molecule has 1 heterocycles. The number of carbonyl (C=O) groups excluding carboxylic acids is 2. The third-order valence-electron chi connectivity index (χ3n) is 7.64. The second-order valence-electron chi connectivity index (χ2n) is 10.8. The van der Waals surface area contributed by atoms with Crippen molar-refractivity contribution in [2.45, 2.75) is 79.9 Å². The number of rotatable bonds is 5. The van der Waals surface area contributed by atoms with Crippen molar-refractivity contribution < 1.29 is 14.7 Å². The Morgan fingerprint density at radius 1 is 1.33 bits per heavy atom. The van der Waals surface area contributed by atoms with Crippen LogP contribution in [-0.4, -0.2) is 22.5 Å². The number of Topliss-reactive ketones (excluding diaryl/α,β-unsaturated/α-hetero) is 1. The van der Waals surface area contributed by atoms with Gasteiger partial charge in [-0.1, -0.05) is 57.4 Å². The van der Waals surface area contributed by atoms with E-state index in [0.717, 1.165) is 19.3 Å². The minimum atomic E-state index is -1.43. The first-order valence-corrected chi connectivity index (χ1v) is 11.5. The molecule has 1 fully saturated rings. The molecule has 3 aliphatic rings. The van der Waals surface area contributed by atoms with E-state index in [1.807, 2.05) is 20.8 Å². The zero-order valence-electron chi connectivity index (χ0n) is 19.7. The first-order chi connectivity index (χ1) is 13.9. The van der Waals surface area contributed by atoms with Gasteiger partial charge in [0.2, 0.25) is 0 Å². The van der Waals surface area contributed by atoms with Crippen LogP contribution < -0.4 is 5.32 Å². The fourth-order valence-corrected chi connectivity index (χ4v) is 6.53. The monoisotopic (exact) mass is 413 g/mol. The van der Waals surface area contributed by atoms with Crippen LogP contribution in [0.3, 0.4) is 0 Å². The summed E-state index contributed by atoms with van der Waals surface area (Å²) in [5.41, 5.74) is 1.10. The maximum Gasteiger partial charge on any atom is 0.257 e. The van der Waals surface area contributed by atoms with Crippen molar-refractivity contribution in [2.75, 3.05) is 0 Å². The smallest absolute Gasteiger partial charge is 0.257 e. The predicted molar refractivity (Wildman–Crippen MR) is 120 cm³/mol. The summed E-state index contributed by atoms with van der Waals surface area (Å²) in [7, 11) is 0. The van der Waals surface area contributed by atoms with Gasteiger partial charge in [-0.3, -0.25) is 9.59 Å². The quantitative estimate of drug-likeness (QED) is 0.495. The highest BCUT2D eigenvalue weighted by Gasteiger charge is 2.52. The van der Waals surface area contributed by atoms with Gasteiger partial charge >= 0.3 is 0 Å². The van der Waals surface area contributed by atoms with Crippen LogP contribution in [0.15, 0.2) is 34.9 Å². The van der Waals surface area contributed by atoms with Crippen molar-refractivity contribution in [1.29, 1.82) is 0 Å². The highest BCUT2D eigenvalue weighted by molar-refractivity contribution is 6.22. The van der Waals surface area contributed by atoms with Crippen LogP contribution in [0.1, 0.15) is 74.1 Å². The minimum Gasteiger partial charge on any atom is -0.367 e. The van der Waals surface area contributed by atoms with E-state index in [1.165, 1.54) is 17.2 Å². The highest BCUT2D eigenvalue weighted by atomic mass is 16.3. The summed E-state index contributed by atoms with van der Waals surface area (Å²) in [6.07, 6.45) is 9.58. The summed E-state index contributed by atoms with van der Waals surface area (Å²) in [5, 5.41) is 13.5. The third-order valence-corrected chi connectivity index (χ3v) is 7.64. The molecule has 1 saturated carbocycles. The summed E-state index contributed by atoms with van der Waals surface area (Å²) < 4.78 is 0. The van der Waals surface area contributed by atoms with Crippen molar-refractivity contribution in [3.63, 3.8) is 0 Å². The molecule has 30 heavy (non-hydrogen) atoms. The Hall–Kier alpha value is -1.68. The van der Waals surface area contributed by atoms with E-state index in [2.05, 4.69) is 45.2 Å². The lowest BCUT2D eigenvalue weighted by Gasteiger charge is -2.52. The van der Waals surface area contributed by atoms with E-state index in [0.29, 0.717) is 12.3 Å². The maximum atomic E-state index is 13.9. The number of ketones is 1. The minimum absolute atomic E-state index is 0.0153. The molecular weight excluding hydrogens is 374 g/mol. The van der Waals surface area contributed by atoms with Gasteiger partial charge in [0.1, 0.15) is 0 Å². The van der Waals surface area contributed by atoms with Gasteiger partial charge in [-0.25, -0.2) is 0 Å². The average molecular weight is 414 g/mol. The third kappa shape index (κ3) is 4.08. The summed E-state index contributed by atoms with van der Waals surface area (Å²) in [4.78, 5) is 26.7. The summed E-state index contributed by atoms with van der Waals surface area (Å²) in [6, 6.07) is 0. The van der Waals surface area contributed by atoms with E-state index < -0.39 is 11.6 Å². The van der Waals surface area contributed by atoms with Crippen molar-refractivity contribution in [1.82, 2.24) is 5.32 Å². The van der Waals surface area contributed by atoms with E-state index >= 15 is 0 Å². The molecule has 0 aromatic heterocycles. The maximum absolute atomic E-state index is 13.9. The fourth-order valence-electron chi connectivity index (χ4n) is 6.53. The summed E-state index contributed by atoms with van der Waals surface area (Å²) in [6.45, 7) is 14.8. The molecule has 3 rings (SSSR count). The van der Waals surface area contributed by atoms with Crippen LogP contribution in [0.5, 0.6) is 0 Å². The molecule has 0 saturated heterocycles. The number of fused-ring (bicyclic) bond motifs is 1. The Balaban J connectivity index is 2.06. The lowest BCUT2D eigenvalue weighted by molar-refractivity contribution is -0.129. The number of carbonyl (C=O) groups is 2. The molecule has 4 nitrogen and oxygen atoms in total. The van der Waals surface area contributed by atoms with Crippen LogP contribution in [0.4, 0.5) is 0 Å². The molecule has 0 spiro atoms. The lowest BCUT2D eigenvalue weighted by Crippen LogP contribution is -2.48. The van der Waals surface area contributed by atoms with Gasteiger partial charge < -0.3 is 10.4 Å². The van der Waals surface area contributed by atoms with Crippen LogP contribution >= 0.6 is 0 Å². The molecule has 4 heteroatoms. The van der Waals surface area contributed by atoms with Gasteiger partial charge in [-0.2, -0.15) is 0 Å². The van der Waals surface area contributed by atoms with E-state index in [-0.39, 0.29) is 40.4 Å². The lowest BCUT2D eigenvalue weighted by atomic mass is 9.52. The molecule has 1 amide bonds. The van der Waals surface area contributed by atoms with Gasteiger partial charge in [-0.15, -0.1) is 0 Å². The molecular formula is C26H39NO3. The summed E-state index contributed by atoms with van der Waals surface area (Å²) in [5.74, 6) is 0.258. The van der Waals surface area contributed by atoms with Gasteiger partial charge in [0, 0.05) is 18.3 Å². The van der Waals surface area contributed by atoms with Crippen LogP contribution in [0.2, 0.25) is 0 Å². The van der Waals surface area contributed by atoms with Gasteiger partial charge in [0.25, 0.3) is 5.91 Å². The van der Waals surface area contributed by atoms with E-state index in [1.54, 1.807) is 0 Å². The highest BCUT2D eigenvalue weighted by Crippen LogP contribution is 2.56. The Bertz CT molecular complexity index is 820. The van der Waals surface area contributed by atoms with Crippen LogP contribution in [0, 0.1) is 35.0 Å². The second kappa shape index (κ2) is 8.11. The Morgan fingerprint density at radius 2 is 2.00 bits per heavy atom. The first-order valence-electron chi connectivity index (χ1n) is 11.5. The number of hydrogen-bond acceptors (Lipinski definition) is 3. The molecule has 2 N–H and O–H groups in total. The molecule has 0 aromatic carbocycles. The largest absolute Gasteiger partial charge is 0.367 e. The number of allylic oxidation sites excluding steroid dienone is 4. The normalized spacial score (nSPS) is 39.4. The number of nitrogens with one attached hydrogen (secondary N) is 1. The Morgan fingerprint density at radius 3 is 2.60 bits per heavy atom. The first kappa shape index (κ1) is 23.0. The van der Waals surface area contributed by atoms with E-state index in [4.69, 9.17) is 0 Å². The zero-order chi connectivity index (χ0) is 22.4. The van der Waals surface area contributed by atoms with Crippen molar-refractivity contribution in [2.24, 2.45) is 35.0 Å². The molecule has 2 aliphatic carbocycles. The molecule has 2 unspecified atom stereocenters. The molecule has 0 radical (unpaired) electrons. The van der Waals surface area contributed by atoms with Gasteiger partial charge in [0.15, 0.2) is 11.5 Å². The van der Waals surface area contributed by atoms with Crippen molar-refractivity contribution >= 4 is 11.7 Å². The molecule has 0 bridgehead atoms. The van der Waals surface area contributed by atoms with Crippen LogP contribution in [0.25, 0.3) is 0 Å². The number of amides is 1. The number of aliphatic hydroxyl groups is 1. The second-order valence-corrected chi connectivity index (χ2v) is 10.8. The van der Waals surface area contributed by atoms with Gasteiger partial charge in [0.05, 0.1) is 5.57 Å². The molecule has 6 atom stereocenters. The van der Waals surface area contributed by atoms with Crippen LogP contribution in [-0.2, 0) is 9.59 Å². The number of hydrogen-bond donors (Lipinski definition) is 2. The topological polar surface area (TPSA) is 66.4 Å². The SMILES string of the molecule is C/C=C(\C)[C@@H]1C(C)=C[C@]2(C)C[C@H](C)CC[C@H]2C1C(=O)C1=CC(O)(CC(C)C)NC1=O.